The van der Waals surface area contributed by atoms with Gasteiger partial charge in [0, 0.05) is 25.0 Å². The first kappa shape index (κ1) is 28.0. The van der Waals surface area contributed by atoms with E-state index in [9.17, 15) is 19.5 Å². The topological polar surface area (TPSA) is 105 Å². The van der Waals surface area contributed by atoms with Crippen LogP contribution in [0.2, 0.25) is 0 Å². The summed E-state index contributed by atoms with van der Waals surface area (Å²) in [4.78, 5) is 39.4. The lowest BCUT2D eigenvalue weighted by Crippen LogP contribution is -2.48. The molecule has 0 atom stereocenters. The van der Waals surface area contributed by atoms with E-state index >= 15 is 0 Å². The Balaban J connectivity index is 1.23. The van der Waals surface area contributed by atoms with Crippen molar-refractivity contribution in [3.05, 3.63) is 59.7 Å². The molecule has 3 aliphatic rings. The van der Waals surface area contributed by atoms with Crippen molar-refractivity contribution in [3.63, 3.8) is 0 Å². The standard InChI is InChI=1S/C32H40N2O6/c1-31(2,3)40-29(37)33-18-21-12-14-22(15-13-21)34(20-32(16-17-32)28(35)36)30(38)39-19-27-25-10-6-4-8-23(25)24-9-5-7-11-26(24)27/h4-11,21-22,27H,12-20H2,1-3H3,(H,33,37)(H,35,36). The molecule has 5 rings (SSSR count). The largest absolute Gasteiger partial charge is 0.481 e. The van der Waals surface area contributed by atoms with Gasteiger partial charge in [0.05, 0.1) is 5.41 Å². The summed E-state index contributed by atoms with van der Waals surface area (Å²) >= 11 is 0. The van der Waals surface area contributed by atoms with E-state index in [0.717, 1.165) is 47.9 Å². The first-order valence-electron chi connectivity index (χ1n) is 14.4. The Morgan fingerprint density at radius 3 is 2.05 bits per heavy atom. The molecule has 0 spiro atoms. The number of alkyl carbamates (subject to hydrolysis) is 1. The van der Waals surface area contributed by atoms with E-state index in [1.54, 1.807) is 4.90 Å². The van der Waals surface area contributed by atoms with E-state index in [2.05, 4.69) is 29.6 Å². The summed E-state index contributed by atoms with van der Waals surface area (Å²) in [6.45, 7) is 6.40. The number of fused-ring (bicyclic) bond motifs is 3. The van der Waals surface area contributed by atoms with Gasteiger partial charge < -0.3 is 24.8 Å². The Bertz CT molecular complexity index is 1210. The number of ether oxygens (including phenoxy) is 2. The number of carboxylic acid groups (broad SMARTS) is 1. The quantitative estimate of drug-likeness (QED) is 0.408. The SMILES string of the molecule is CC(C)(C)OC(=O)NCC1CCC(N(CC2(C(=O)O)CC2)C(=O)OCC2c3ccccc3-c3ccccc32)CC1. The van der Waals surface area contributed by atoms with Gasteiger partial charge in [-0.25, -0.2) is 9.59 Å². The number of aliphatic carboxylic acids is 1. The summed E-state index contributed by atoms with van der Waals surface area (Å²) in [5.74, 6) is -0.621. The summed E-state index contributed by atoms with van der Waals surface area (Å²) in [5.41, 5.74) is 3.19. The van der Waals surface area contributed by atoms with Crippen molar-refractivity contribution in [2.75, 3.05) is 19.7 Å². The molecule has 40 heavy (non-hydrogen) atoms. The minimum Gasteiger partial charge on any atom is -0.481 e. The summed E-state index contributed by atoms with van der Waals surface area (Å²) < 4.78 is 11.3. The number of nitrogens with one attached hydrogen (secondary N) is 1. The molecule has 3 aliphatic carbocycles. The third kappa shape index (κ3) is 6.11. The molecule has 2 fully saturated rings. The average Bonchev–Trinajstić information content (AvgIpc) is 3.65. The fraction of sp³-hybridized carbons (Fsp3) is 0.531. The average molecular weight is 549 g/mol. The van der Waals surface area contributed by atoms with Gasteiger partial charge in [0.15, 0.2) is 0 Å². The number of nitrogens with zero attached hydrogens (tertiary/aromatic N) is 1. The van der Waals surface area contributed by atoms with Crippen LogP contribution in [0.15, 0.2) is 48.5 Å². The van der Waals surface area contributed by atoms with Crippen LogP contribution in [0.25, 0.3) is 11.1 Å². The molecule has 8 heteroatoms. The van der Waals surface area contributed by atoms with Gasteiger partial charge in [-0.1, -0.05) is 48.5 Å². The summed E-state index contributed by atoms with van der Waals surface area (Å²) in [5, 5.41) is 12.7. The summed E-state index contributed by atoms with van der Waals surface area (Å²) in [6, 6.07) is 16.3. The summed E-state index contributed by atoms with van der Waals surface area (Å²) in [7, 11) is 0. The molecule has 2 N–H and O–H groups in total. The summed E-state index contributed by atoms with van der Waals surface area (Å²) in [6.07, 6.45) is 3.41. The van der Waals surface area contributed by atoms with Crippen LogP contribution in [0.4, 0.5) is 9.59 Å². The zero-order valence-electron chi connectivity index (χ0n) is 23.7. The minimum absolute atomic E-state index is 0.0535. The van der Waals surface area contributed by atoms with E-state index in [0.29, 0.717) is 19.4 Å². The lowest BCUT2D eigenvalue weighted by atomic mass is 9.85. The number of amides is 2. The molecular formula is C32H40N2O6. The van der Waals surface area contributed by atoms with Gasteiger partial charge in [0.25, 0.3) is 0 Å². The number of hydrogen-bond donors (Lipinski definition) is 2. The van der Waals surface area contributed by atoms with Crippen molar-refractivity contribution in [1.82, 2.24) is 10.2 Å². The smallest absolute Gasteiger partial charge is 0.410 e. The Morgan fingerprint density at radius 1 is 0.950 bits per heavy atom. The lowest BCUT2D eigenvalue weighted by Gasteiger charge is -2.37. The predicted molar refractivity (Wildman–Crippen MR) is 151 cm³/mol. The van der Waals surface area contributed by atoms with Crippen LogP contribution < -0.4 is 5.32 Å². The van der Waals surface area contributed by atoms with Crippen LogP contribution in [0.5, 0.6) is 0 Å². The van der Waals surface area contributed by atoms with E-state index in [4.69, 9.17) is 9.47 Å². The Kier molecular flexibility index (Phi) is 7.80. The second kappa shape index (κ2) is 11.1. The molecule has 8 nitrogen and oxygen atoms in total. The number of carboxylic acids is 1. The highest BCUT2D eigenvalue weighted by Crippen LogP contribution is 2.48. The Labute approximate surface area is 236 Å². The van der Waals surface area contributed by atoms with E-state index in [1.807, 2.05) is 45.0 Å². The molecule has 0 saturated heterocycles. The van der Waals surface area contributed by atoms with Crippen molar-refractivity contribution in [2.24, 2.45) is 11.3 Å². The van der Waals surface area contributed by atoms with Crippen LogP contribution in [0.3, 0.4) is 0 Å². The maximum Gasteiger partial charge on any atom is 0.410 e. The fourth-order valence-corrected chi connectivity index (χ4v) is 6.14. The second-order valence-electron chi connectivity index (χ2n) is 12.6. The normalized spacial score (nSPS) is 21.1. The molecule has 0 heterocycles. The second-order valence-corrected chi connectivity index (χ2v) is 12.6. The van der Waals surface area contributed by atoms with Gasteiger partial charge in [-0.3, -0.25) is 4.79 Å². The van der Waals surface area contributed by atoms with Gasteiger partial charge in [0.1, 0.15) is 12.2 Å². The zero-order valence-corrected chi connectivity index (χ0v) is 23.7. The molecule has 2 aromatic rings. The van der Waals surface area contributed by atoms with Crippen molar-refractivity contribution in [3.8, 4) is 11.1 Å². The maximum absolute atomic E-state index is 13.6. The number of rotatable bonds is 8. The molecule has 2 saturated carbocycles. The molecule has 0 aromatic heterocycles. The van der Waals surface area contributed by atoms with Gasteiger partial charge in [-0.05, 0) is 87.5 Å². The van der Waals surface area contributed by atoms with E-state index in [1.165, 1.54) is 0 Å². The van der Waals surface area contributed by atoms with Crippen molar-refractivity contribution in [1.29, 1.82) is 0 Å². The van der Waals surface area contributed by atoms with Gasteiger partial charge in [0.2, 0.25) is 0 Å². The highest BCUT2D eigenvalue weighted by molar-refractivity contribution is 5.80. The Hall–Kier alpha value is -3.55. The number of benzene rings is 2. The first-order chi connectivity index (χ1) is 19.1. The van der Waals surface area contributed by atoms with Gasteiger partial charge in [-0.2, -0.15) is 0 Å². The Morgan fingerprint density at radius 2 is 1.52 bits per heavy atom. The number of carbonyl (C=O) groups is 3. The monoisotopic (exact) mass is 548 g/mol. The minimum atomic E-state index is -0.874. The molecule has 2 amide bonds. The number of hydrogen-bond acceptors (Lipinski definition) is 5. The van der Waals surface area contributed by atoms with Crippen LogP contribution in [-0.2, 0) is 14.3 Å². The van der Waals surface area contributed by atoms with Crippen LogP contribution in [0.1, 0.15) is 76.3 Å². The molecule has 0 unspecified atom stereocenters. The van der Waals surface area contributed by atoms with Crippen molar-refractivity contribution >= 4 is 18.2 Å². The van der Waals surface area contributed by atoms with Gasteiger partial charge in [-0.15, -0.1) is 0 Å². The fourth-order valence-electron chi connectivity index (χ4n) is 6.14. The van der Waals surface area contributed by atoms with Crippen LogP contribution in [-0.4, -0.2) is 59.5 Å². The van der Waals surface area contributed by atoms with E-state index in [-0.39, 0.29) is 31.0 Å². The van der Waals surface area contributed by atoms with Crippen molar-refractivity contribution < 1.29 is 29.0 Å². The van der Waals surface area contributed by atoms with Crippen molar-refractivity contribution in [2.45, 2.75) is 76.9 Å². The third-order valence-electron chi connectivity index (χ3n) is 8.54. The lowest BCUT2D eigenvalue weighted by molar-refractivity contribution is -0.144. The van der Waals surface area contributed by atoms with Gasteiger partial charge >= 0.3 is 18.2 Å². The zero-order chi connectivity index (χ0) is 28.5. The predicted octanol–water partition coefficient (Wildman–Crippen LogP) is 6.19. The molecule has 214 valence electrons. The molecule has 0 radical (unpaired) electrons. The van der Waals surface area contributed by atoms with Crippen LogP contribution >= 0.6 is 0 Å². The third-order valence-corrected chi connectivity index (χ3v) is 8.54. The molecule has 0 aliphatic heterocycles. The molecule has 2 aromatic carbocycles. The maximum atomic E-state index is 13.6. The molecule has 0 bridgehead atoms. The highest BCUT2D eigenvalue weighted by atomic mass is 16.6. The highest BCUT2D eigenvalue weighted by Gasteiger charge is 2.53. The first-order valence-corrected chi connectivity index (χ1v) is 14.4. The molecular weight excluding hydrogens is 508 g/mol. The van der Waals surface area contributed by atoms with E-state index < -0.39 is 29.2 Å². The number of carbonyl (C=O) groups excluding carboxylic acids is 2. The van der Waals surface area contributed by atoms with Crippen LogP contribution in [0, 0.1) is 11.3 Å².